The molecule has 0 aliphatic heterocycles. The number of carbonyl (C=O) groups excluding carboxylic acids is 1. The molecule has 1 fully saturated rings. The van der Waals surface area contributed by atoms with Crippen LogP contribution in [0.3, 0.4) is 0 Å². The maximum atomic E-state index is 12.1. The van der Waals surface area contributed by atoms with Crippen LogP contribution in [-0.2, 0) is 0 Å². The molecule has 0 amide bonds. The molecule has 1 atom stereocenters. The van der Waals surface area contributed by atoms with Gasteiger partial charge >= 0.3 is 6.36 Å². The summed E-state index contributed by atoms with van der Waals surface area (Å²) in [4.78, 5) is 12.0. The number of hydrogen-bond donors (Lipinski definition) is 0. The molecule has 0 heterocycles. The van der Waals surface area contributed by atoms with Crippen molar-refractivity contribution >= 4 is 5.78 Å². The van der Waals surface area contributed by atoms with E-state index in [0.29, 0.717) is 5.92 Å². The van der Waals surface area contributed by atoms with Crippen LogP contribution in [0.5, 0.6) is 5.75 Å². The van der Waals surface area contributed by atoms with Crippen molar-refractivity contribution in [2.45, 2.75) is 26.1 Å². The minimum absolute atomic E-state index is 0.120. The van der Waals surface area contributed by atoms with E-state index >= 15 is 0 Å². The second-order valence-corrected chi connectivity index (χ2v) is 4.57. The maximum Gasteiger partial charge on any atom is 0.573 e. The Morgan fingerprint density at radius 1 is 1.39 bits per heavy atom. The smallest absolute Gasteiger partial charge is 0.406 e. The lowest BCUT2D eigenvalue weighted by molar-refractivity contribution is -0.274. The second-order valence-electron chi connectivity index (χ2n) is 4.57. The molecule has 0 spiro atoms. The van der Waals surface area contributed by atoms with Gasteiger partial charge in [0.05, 0.1) is 0 Å². The van der Waals surface area contributed by atoms with E-state index in [9.17, 15) is 18.0 Å². The fraction of sp³-hybridized carbons (Fsp3) is 0.462. The van der Waals surface area contributed by atoms with Crippen LogP contribution in [-0.4, -0.2) is 12.1 Å². The molecular weight excluding hydrogens is 245 g/mol. The summed E-state index contributed by atoms with van der Waals surface area (Å²) in [6.07, 6.45) is -2.69. The summed E-state index contributed by atoms with van der Waals surface area (Å²) >= 11 is 0. The first-order valence-corrected chi connectivity index (χ1v) is 5.77. The van der Waals surface area contributed by atoms with Crippen LogP contribution in [0.2, 0.25) is 0 Å². The average molecular weight is 258 g/mol. The summed E-state index contributed by atoms with van der Waals surface area (Å²) in [5, 5.41) is 0. The molecule has 98 valence electrons. The summed E-state index contributed by atoms with van der Waals surface area (Å²) in [5.74, 6) is -0.225. The number of alkyl halides is 3. The molecule has 5 heteroatoms. The van der Waals surface area contributed by atoms with Gasteiger partial charge in [-0.1, -0.05) is 19.1 Å². The van der Waals surface area contributed by atoms with Gasteiger partial charge in [0.1, 0.15) is 5.75 Å². The summed E-state index contributed by atoms with van der Waals surface area (Å²) in [5.41, 5.74) is 0.274. The number of ether oxygens (including phenoxy) is 1. The number of halogens is 3. The quantitative estimate of drug-likeness (QED) is 0.767. The molecule has 1 aliphatic carbocycles. The third-order valence-corrected chi connectivity index (χ3v) is 3.09. The van der Waals surface area contributed by atoms with Gasteiger partial charge in [-0.3, -0.25) is 4.79 Å². The maximum absolute atomic E-state index is 12.1. The van der Waals surface area contributed by atoms with Crippen LogP contribution in [0.15, 0.2) is 24.3 Å². The lowest BCUT2D eigenvalue weighted by atomic mass is 9.95. The zero-order valence-electron chi connectivity index (χ0n) is 9.83. The van der Waals surface area contributed by atoms with E-state index in [4.69, 9.17) is 0 Å². The van der Waals surface area contributed by atoms with E-state index in [-0.39, 0.29) is 23.0 Å². The van der Waals surface area contributed by atoms with Crippen LogP contribution in [0, 0.1) is 11.8 Å². The number of Topliss-reactive ketones (excluding diaryl/α,β-unsaturated/α-hetero) is 1. The number of hydrogen-bond acceptors (Lipinski definition) is 2. The third-order valence-electron chi connectivity index (χ3n) is 3.09. The minimum Gasteiger partial charge on any atom is -0.406 e. The normalized spacial score (nSPS) is 17.3. The molecule has 0 bridgehead atoms. The highest BCUT2D eigenvalue weighted by Crippen LogP contribution is 2.38. The van der Waals surface area contributed by atoms with Crippen LogP contribution in [0.4, 0.5) is 13.2 Å². The molecule has 2 rings (SSSR count). The number of rotatable bonds is 4. The second kappa shape index (κ2) is 4.63. The Morgan fingerprint density at radius 2 is 2.06 bits per heavy atom. The fourth-order valence-corrected chi connectivity index (χ4v) is 1.92. The van der Waals surface area contributed by atoms with Gasteiger partial charge in [0, 0.05) is 11.5 Å². The van der Waals surface area contributed by atoms with Crippen molar-refractivity contribution in [3.63, 3.8) is 0 Å². The van der Waals surface area contributed by atoms with E-state index in [0.717, 1.165) is 18.9 Å². The highest BCUT2D eigenvalue weighted by molar-refractivity contribution is 5.98. The van der Waals surface area contributed by atoms with Crippen molar-refractivity contribution < 1.29 is 22.7 Å². The molecule has 0 aromatic heterocycles. The Bertz CT molecular complexity index is 450. The van der Waals surface area contributed by atoms with E-state index in [2.05, 4.69) is 4.74 Å². The molecular formula is C13H13F3O2. The van der Waals surface area contributed by atoms with E-state index < -0.39 is 6.36 Å². The van der Waals surface area contributed by atoms with Gasteiger partial charge in [-0.05, 0) is 30.9 Å². The Labute approximate surface area is 103 Å². The topological polar surface area (TPSA) is 26.3 Å². The molecule has 0 N–H and O–H groups in total. The van der Waals surface area contributed by atoms with Crippen LogP contribution >= 0.6 is 0 Å². The fourth-order valence-electron chi connectivity index (χ4n) is 1.92. The monoisotopic (exact) mass is 258 g/mol. The van der Waals surface area contributed by atoms with Gasteiger partial charge in [-0.2, -0.15) is 0 Å². The number of benzene rings is 1. The molecule has 2 nitrogen and oxygen atoms in total. The first-order valence-electron chi connectivity index (χ1n) is 5.77. The highest BCUT2D eigenvalue weighted by Gasteiger charge is 2.34. The largest absolute Gasteiger partial charge is 0.573 e. The van der Waals surface area contributed by atoms with Crippen molar-refractivity contribution in [2.24, 2.45) is 11.8 Å². The van der Waals surface area contributed by atoms with Gasteiger partial charge < -0.3 is 4.74 Å². The van der Waals surface area contributed by atoms with Gasteiger partial charge in [0.2, 0.25) is 0 Å². The standard InChI is InChI=1S/C13H13F3O2/c1-8(9-5-6-9)12(17)10-3-2-4-11(7-10)18-13(14,15)16/h2-4,7-9H,5-6H2,1H3. The summed E-state index contributed by atoms with van der Waals surface area (Å²) in [6, 6.07) is 5.25. The average Bonchev–Trinajstić information content (AvgIpc) is 3.09. The van der Waals surface area contributed by atoms with Crippen molar-refractivity contribution in [1.82, 2.24) is 0 Å². The lowest BCUT2D eigenvalue weighted by Gasteiger charge is -2.12. The predicted molar refractivity (Wildman–Crippen MR) is 59.3 cm³/mol. The molecule has 0 radical (unpaired) electrons. The van der Waals surface area contributed by atoms with Crippen molar-refractivity contribution in [2.75, 3.05) is 0 Å². The molecule has 1 unspecified atom stereocenters. The van der Waals surface area contributed by atoms with Gasteiger partial charge in [0.25, 0.3) is 0 Å². The highest BCUT2D eigenvalue weighted by atomic mass is 19.4. The molecule has 18 heavy (non-hydrogen) atoms. The van der Waals surface area contributed by atoms with Crippen LogP contribution < -0.4 is 4.74 Å². The summed E-state index contributed by atoms with van der Waals surface area (Å²) in [7, 11) is 0. The van der Waals surface area contributed by atoms with Gasteiger partial charge in [0.15, 0.2) is 5.78 Å². The zero-order valence-corrected chi connectivity index (χ0v) is 9.83. The Balaban J connectivity index is 2.13. The van der Waals surface area contributed by atoms with Crippen molar-refractivity contribution in [1.29, 1.82) is 0 Å². The van der Waals surface area contributed by atoms with E-state index in [1.807, 2.05) is 6.92 Å². The molecule has 1 aliphatic rings. The Kier molecular flexibility index (Phi) is 3.32. The molecule has 1 aromatic carbocycles. The number of carbonyl (C=O) groups is 1. The van der Waals surface area contributed by atoms with Crippen molar-refractivity contribution in [3.8, 4) is 5.75 Å². The Morgan fingerprint density at radius 3 is 2.61 bits per heavy atom. The molecule has 1 saturated carbocycles. The van der Waals surface area contributed by atoms with Gasteiger partial charge in [-0.15, -0.1) is 13.2 Å². The first-order chi connectivity index (χ1) is 8.37. The van der Waals surface area contributed by atoms with Crippen molar-refractivity contribution in [3.05, 3.63) is 29.8 Å². The number of ketones is 1. The minimum atomic E-state index is -4.73. The van der Waals surface area contributed by atoms with Gasteiger partial charge in [-0.25, -0.2) is 0 Å². The van der Waals surface area contributed by atoms with Crippen LogP contribution in [0.1, 0.15) is 30.1 Å². The zero-order chi connectivity index (χ0) is 13.3. The summed E-state index contributed by atoms with van der Waals surface area (Å²) in [6.45, 7) is 1.82. The predicted octanol–water partition coefficient (Wildman–Crippen LogP) is 3.81. The van der Waals surface area contributed by atoms with Crippen LogP contribution in [0.25, 0.3) is 0 Å². The third kappa shape index (κ3) is 3.24. The molecule has 0 saturated heterocycles. The Hall–Kier alpha value is -1.52. The van der Waals surface area contributed by atoms with E-state index in [1.54, 1.807) is 0 Å². The molecule has 1 aromatic rings. The lowest BCUT2D eigenvalue weighted by Crippen LogP contribution is -2.18. The first kappa shape index (κ1) is 12.9. The van der Waals surface area contributed by atoms with E-state index in [1.165, 1.54) is 18.2 Å². The SMILES string of the molecule is CC(C(=O)c1cccc(OC(F)(F)F)c1)C1CC1. The summed E-state index contributed by atoms with van der Waals surface area (Å²) < 4.78 is 40.0.